The predicted octanol–water partition coefficient (Wildman–Crippen LogP) is 0.899. The van der Waals surface area contributed by atoms with E-state index < -0.39 is 0 Å². The second-order valence-electron chi connectivity index (χ2n) is 6.12. The Balaban J connectivity index is 1.46. The third-order valence-electron chi connectivity index (χ3n) is 4.29. The lowest BCUT2D eigenvalue weighted by molar-refractivity contribution is 0.0847. The Kier molecular flexibility index (Phi) is 5.77. The monoisotopic (exact) mass is 333 g/mol. The fourth-order valence-electron chi connectivity index (χ4n) is 2.88. The summed E-state index contributed by atoms with van der Waals surface area (Å²) in [5.74, 6) is -0.457. The third kappa shape index (κ3) is 4.52. The lowest BCUT2D eigenvalue weighted by atomic mass is 10.2. The number of hydrogen-bond donors (Lipinski definition) is 2. The smallest absolute Gasteiger partial charge is 0.269 e. The number of carbonyl (C=O) groups is 2. The van der Waals surface area contributed by atoms with Gasteiger partial charge in [0.25, 0.3) is 11.8 Å². The number of amides is 2. The molecule has 2 amide bonds. The van der Waals surface area contributed by atoms with Crippen LogP contribution in [0.2, 0.25) is 0 Å². The van der Waals surface area contributed by atoms with E-state index in [-0.39, 0.29) is 24.0 Å². The molecule has 7 nitrogen and oxygen atoms in total. The van der Waals surface area contributed by atoms with E-state index in [9.17, 15) is 9.59 Å². The van der Waals surface area contributed by atoms with Crippen molar-refractivity contribution in [2.24, 2.45) is 0 Å². The van der Waals surface area contributed by atoms with Crippen LogP contribution in [0.1, 0.15) is 46.5 Å². The molecule has 2 aliphatic rings. The third-order valence-corrected chi connectivity index (χ3v) is 4.29. The van der Waals surface area contributed by atoms with E-state index in [1.165, 1.54) is 6.20 Å². The van der Waals surface area contributed by atoms with Crippen molar-refractivity contribution in [2.75, 3.05) is 26.3 Å². The minimum absolute atomic E-state index is 0.0943. The van der Waals surface area contributed by atoms with E-state index in [1.54, 1.807) is 12.1 Å². The van der Waals surface area contributed by atoms with Crippen molar-refractivity contribution < 1.29 is 19.1 Å². The van der Waals surface area contributed by atoms with Gasteiger partial charge in [-0.25, -0.2) is 0 Å². The summed E-state index contributed by atoms with van der Waals surface area (Å²) in [6.07, 6.45) is 5.64. The summed E-state index contributed by atoms with van der Waals surface area (Å²) in [5, 5.41) is 5.64. The van der Waals surface area contributed by atoms with Crippen molar-refractivity contribution in [3.8, 4) is 0 Å². The molecule has 0 unspecified atom stereocenters. The number of nitrogens with zero attached hydrogens (tertiary/aromatic N) is 1. The minimum atomic E-state index is -0.253. The zero-order valence-corrected chi connectivity index (χ0v) is 13.6. The van der Waals surface area contributed by atoms with Crippen molar-refractivity contribution in [2.45, 2.75) is 37.9 Å². The number of ether oxygens (including phenoxy) is 2. The van der Waals surface area contributed by atoms with Crippen LogP contribution in [0.4, 0.5) is 0 Å². The van der Waals surface area contributed by atoms with Crippen LogP contribution in [0.25, 0.3) is 0 Å². The SMILES string of the molecule is O=C(NC[C@@H]1CCCO1)c1ccc(C(=O)NC[C@H]2CCCO2)nc1. The van der Waals surface area contributed by atoms with Crippen LogP contribution in [0.5, 0.6) is 0 Å². The molecule has 1 aromatic heterocycles. The Morgan fingerprint density at radius 1 is 1.00 bits per heavy atom. The number of hydrogen-bond acceptors (Lipinski definition) is 5. The Hall–Kier alpha value is -1.99. The van der Waals surface area contributed by atoms with Crippen LogP contribution in [0, 0.1) is 0 Å². The maximum atomic E-state index is 12.1. The highest BCUT2D eigenvalue weighted by Gasteiger charge is 2.18. The first-order valence-corrected chi connectivity index (χ1v) is 8.48. The van der Waals surface area contributed by atoms with Crippen LogP contribution < -0.4 is 10.6 Å². The Labute approximate surface area is 141 Å². The molecule has 3 rings (SSSR count). The Morgan fingerprint density at radius 3 is 2.12 bits per heavy atom. The van der Waals surface area contributed by atoms with Crippen LogP contribution in [0.15, 0.2) is 18.3 Å². The van der Waals surface area contributed by atoms with Crippen LogP contribution >= 0.6 is 0 Å². The number of pyridine rings is 1. The molecule has 0 aliphatic carbocycles. The summed E-state index contributed by atoms with van der Waals surface area (Å²) in [5.41, 5.74) is 0.729. The van der Waals surface area contributed by atoms with Crippen molar-refractivity contribution >= 4 is 11.8 Å². The van der Waals surface area contributed by atoms with E-state index in [4.69, 9.17) is 9.47 Å². The molecule has 0 spiro atoms. The lowest BCUT2D eigenvalue weighted by Gasteiger charge is -2.11. The Bertz CT molecular complexity index is 513. The fraction of sp³-hybridized carbons (Fsp3) is 0.588. The molecular formula is C17H23N3O4. The molecule has 3 heterocycles. The average Bonchev–Trinajstić information content (AvgIpc) is 3.31. The molecule has 2 N–H and O–H groups in total. The standard InChI is InChI=1S/C17H23N3O4/c21-16(19-10-13-3-1-7-23-13)12-5-6-15(18-9-12)17(22)20-11-14-4-2-8-24-14/h5-6,9,13-14H,1-4,7-8,10-11H2,(H,19,21)(H,20,22)/t13-,14+/m0/s1. The first-order valence-electron chi connectivity index (χ1n) is 8.48. The van der Waals surface area contributed by atoms with Gasteiger partial charge in [-0.1, -0.05) is 0 Å². The number of rotatable bonds is 6. The van der Waals surface area contributed by atoms with Crippen LogP contribution in [-0.2, 0) is 9.47 Å². The van der Waals surface area contributed by atoms with Gasteiger partial charge in [-0.2, -0.15) is 0 Å². The van der Waals surface area contributed by atoms with Gasteiger partial charge in [0.2, 0.25) is 0 Å². The van der Waals surface area contributed by atoms with E-state index in [2.05, 4.69) is 15.6 Å². The molecule has 2 saturated heterocycles. The van der Waals surface area contributed by atoms with Gasteiger partial charge in [0.15, 0.2) is 0 Å². The highest BCUT2D eigenvalue weighted by Crippen LogP contribution is 2.12. The highest BCUT2D eigenvalue weighted by molar-refractivity contribution is 5.96. The molecule has 24 heavy (non-hydrogen) atoms. The fourth-order valence-corrected chi connectivity index (χ4v) is 2.88. The van der Waals surface area contributed by atoms with Gasteiger partial charge in [-0.15, -0.1) is 0 Å². The van der Waals surface area contributed by atoms with Gasteiger partial charge < -0.3 is 20.1 Å². The zero-order valence-electron chi connectivity index (χ0n) is 13.6. The molecular weight excluding hydrogens is 310 g/mol. The van der Waals surface area contributed by atoms with E-state index >= 15 is 0 Å². The normalized spacial score (nSPS) is 23.2. The molecule has 130 valence electrons. The van der Waals surface area contributed by atoms with Crippen molar-refractivity contribution in [3.05, 3.63) is 29.6 Å². The van der Waals surface area contributed by atoms with Crippen molar-refractivity contribution in [1.29, 1.82) is 0 Å². The topological polar surface area (TPSA) is 89.5 Å². The quantitative estimate of drug-likeness (QED) is 0.807. The van der Waals surface area contributed by atoms with Crippen LogP contribution in [0.3, 0.4) is 0 Å². The number of aromatic nitrogens is 1. The summed E-state index contributed by atoms with van der Waals surface area (Å²) in [4.78, 5) is 28.2. The number of carbonyl (C=O) groups excluding carboxylic acids is 2. The second-order valence-corrected chi connectivity index (χ2v) is 6.12. The summed E-state index contributed by atoms with van der Waals surface area (Å²) >= 11 is 0. The van der Waals surface area contributed by atoms with Crippen LogP contribution in [-0.4, -0.2) is 55.3 Å². The van der Waals surface area contributed by atoms with Gasteiger partial charge in [0.05, 0.1) is 17.8 Å². The zero-order chi connectivity index (χ0) is 16.8. The molecule has 2 atom stereocenters. The molecule has 2 aliphatic heterocycles. The maximum absolute atomic E-state index is 12.1. The van der Waals surface area contributed by atoms with Crippen molar-refractivity contribution in [1.82, 2.24) is 15.6 Å². The van der Waals surface area contributed by atoms with Gasteiger partial charge in [-0.05, 0) is 37.8 Å². The molecule has 0 bridgehead atoms. The van der Waals surface area contributed by atoms with Gasteiger partial charge in [0, 0.05) is 32.5 Å². The first kappa shape index (κ1) is 16.9. The summed E-state index contributed by atoms with van der Waals surface area (Å²) in [6, 6.07) is 3.17. The summed E-state index contributed by atoms with van der Waals surface area (Å²) in [6.45, 7) is 2.51. The van der Waals surface area contributed by atoms with Gasteiger partial charge in [-0.3, -0.25) is 14.6 Å². The first-order chi connectivity index (χ1) is 11.7. The molecule has 7 heteroatoms. The molecule has 2 fully saturated rings. The van der Waals surface area contributed by atoms with Gasteiger partial charge in [0.1, 0.15) is 5.69 Å². The largest absolute Gasteiger partial charge is 0.376 e. The second kappa shape index (κ2) is 8.21. The summed E-state index contributed by atoms with van der Waals surface area (Å²) in [7, 11) is 0. The number of nitrogens with one attached hydrogen (secondary N) is 2. The van der Waals surface area contributed by atoms with E-state index in [0.29, 0.717) is 24.3 Å². The molecule has 1 aromatic rings. The average molecular weight is 333 g/mol. The molecule has 0 aromatic carbocycles. The highest BCUT2D eigenvalue weighted by atomic mass is 16.5. The van der Waals surface area contributed by atoms with E-state index in [0.717, 1.165) is 38.9 Å². The van der Waals surface area contributed by atoms with E-state index in [1.807, 2.05) is 0 Å². The lowest BCUT2D eigenvalue weighted by Crippen LogP contribution is -2.33. The molecule has 0 radical (unpaired) electrons. The molecule has 0 saturated carbocycles. The van der Waals surface area contributed by atoms with Crippen molar-refractivity contribution in [3.63, 3.8) is 0 Å². The Morgan fingerprint density at radius 2 is 1.62 bits per heavy atom. The minimum Gasteiger partial charge on any atom is -0.376 e. The maximum Gasteiger partial charge on any atom is 0.269 e. The summed E-state index contributed by atoms with van der Waals surface area (Å²) < 4.78 is 10.9. The predicted molar refractivity (Wildman–Crippen MR) is 86.9 cm³/mol. The van der Waals surface area contributed by atoms with Gasteiger partial charge >= 0.3 is 0 Å².